The number of nitrogens with zero attached hydrogens (tertiary/aromatic N) is 1. The van der Waals surface area contributed by atoms with Gasteiger partial charge in [0.2, 0.25) is 5.91 Å². The Bertz CT molecular complexity index is 181. The van der Waals surface area contributed by atoms with E-state index in [1.54, 1.807) is 0 Å². The summed E-state index contributed by atoms with van der Waals surface area (Å²) in [6.45, 7) is 3.22. The third-order valence-electron chi connectivity index (χ3n) is 2.80. The summed E-state index contributed by atoms with van der Waals surface area (Å²) in [6.07, 6.45) is 5.28. The number of hydrogen-bond acceptors (Lipinski definition) is 2. The first-order valence-corrected chi connectivity index (χ1v) is 5.06. The molecule has 0 saturated carbocycles. The van der Waals surface area contributed by atoms with Crippen molar-refractivity contribution in [1.82, 2.24) is 4.90 Å². The molecule has 1 amide bonds. The van der Waals surface area contributed by atoms with Crippen molar-refractivity contribution in [2.24, 2.45) is 5.92 Å². The van der Waals surface area contributed by atoms with Crippen LogP contribution in [0.15, 0.2) is 0 Å². The lowest BCUT2D eigenvalue weighted by molar-refractivity contribution is -0.135. The van der Waals surface area contributed by atoms with E-state index >= 15 is 0 Å². The molecule has 2 heterocycles. The summed E-state index contributed by atoms with van der Waals surface area (Å²) in [5.74, 6) is 0.462. The normalized spacial score (nSPS) is 29.2. The minimum Gasteiger partial charge on any atom is -0.381 e. The molecule has 0 bridgehead atoms. The Hall–Kier alpha value is -0.570. The number of amides is 1. The molecule has 1 unspecified atom stereocenters. The van der Waals surface area contributed by atoms with E-state index in [0.29, 0.717) is 12.5 Å². The van der Waals surface area contributed by atoms with E-state index in [4.69, 9.17) is 4.74 Å². The summed E-state index contributed by atoms with van der Waals surface area (Å²) in [6, 6.07) is 0. The van der Waals surface area contributed by atoms with Crippen molar-refractivity contribution in [2.45, 2.75) is 19.3 Å². The van der Waals surface area contributed by atoms with Crippen LogP contribution in [0.1, 0.15) is 19.3 Å². The van der Waals surface area contributed by atoms with Crippen LogP contribution in [-0.4, -0.2) is 37.1 Å². The van der Waals surface area contributed by atoms with Crippen LogP contribution < -0.4 is 0 Å². The summed E-state index contributed by atoms with van der Waals surface area (Å²) in [5.41, 5.74) is 0. The predicted octanol–water partition coefficient (Wildman–Crippen LogP) is 0.850. The lowest BCUT2D eigenvalue weighted by Crippen LogP contribution is -2.40. The summed E-state index contributed by atoms with van der Waals surface area (Å²) in [5, 5.41) is 0. The zero-order valence-electron chi connectivity index (χ0n) is 7.87. The first kappa shape index (κ1) is 9.00. The van der Waals surface area contributed by atoms with E-state index in [0.717, 1.165) is 39.0 Å². The zero-order valence-corrected chi connectivity index (χ0v) is 7.87. The van der Waals surface area contributed by atoms with Crippen LogP contribution in [0.5, 0.6) is 0 Å². The lowest BCUT2D eigenvalue weighted by Gasteiger charge is -2.28. The molecule has 2 rings (SSSR count). The van der Waals surface area contributed by atoms with Crippen molar-refractivity contribution in [3.63, 3.8) is 0 Å². The summed E-state index contributed by atoms with van der Waals surface area (Å²) < 4.78 is 5.21. The van der Waals surface area contributed by atoms with Crippen molar-refractivity contribution >= 4 is 5.91 Å². The van der Waals surface area contributed by atoms with Crippen molar-refractivity contribution in [2.75, 3.05) is 26.3 Å². The minimum atomic E-state index is 0.151. The molecule has 1 atom stereocenters. The van der Waals surface area contributed by atoms with Crippen LogP contribution in [0.3, 0.4) is 0 Å². The second-order valence-electron chi connectivity index (χ2n) is 3.75. The molecular weight excluding hydrogens is 166 g/mol. The average Bonchev–Trinajstić information content (AvgIpc) is 2.71. The number of likely N-dealkylation sites (tertiary alicyclic amines) is 1. The number of piperidine rings is 1. The van der Waals surface area contributed by atoms with Gasteiger partial charge >= 0.3 is 0 Å². The molecule has 0 N–H and O–H groups in total. The summed E-state index contributed by atoms with van der Waals surface area (Å²) in [4.78, 5) is 13.8. The second kappa shape index (κ2) is 4.09. The van der Waals surface area contributed by atoms with Crippen LogP contribution >= 0.6 is 0 Å². The van der Waals surface area contributed by atoms with E-state index in [1.165, 1.54) is 0 Å². The molecule has 2 aliphatic rings. The van der Waals surface area contributed by atoms with Gasteiger partial charge in [0.1, 0.15) is 0 Å². The molecule has 2 fully saturated rings. The Morgan fingerprint density at radius 1 is 1.38 bits per heavy atom. The van der Waals surface area contributed by atoms with Crippen LogP contribution in [0, 0.1) is 12.3 Å². The highest BCUT2D eigenvalue weighted by Gasteiger charge is 2.28. The highest BCUT2D eigenvalue weighted by Crippen LogP contribution is 2.18. The molecule has 0 aromatic carbocycles. The van der Waals surface area contributed by atoms with Crippen molar-refractivity contribution in [3.05, 3.63) is 6.42 Å². The van der Waals surface area contributed by atoms with Gasteiger partial charge in [0.15, 0.2) is 0 Å². The Morgan fingerprint density at radius 2 is 2.15 bits per heavy atom. The molecule has 3 heteroatoms. The maximum Gasteiger partial charge on any atom is 0.228 e. The average molecular weight is 182 g/mol. The lowest BCUT2D eigenvalue weighted by atomic mass is 10.0. The maximum atomic E-state index is 11.8. The van der Waals surface area contributed by atoms with Crippen molar-refractivity contribution in [3.8, 4) is 0 Å². The van der Waals surface area contributed by atoms with Crippen molar-refractivity contribution in [1.29, 1.82) is 0 Å². The molecule has 0 aliphatic carbocycles. The predicted molar refractivity (Wildman–Crippen MR) is 49.0 cm³/mol. The van der Waals surface area contributed by atoms with Gasteiger partial charge < -0.3 is 9.64 Å². The minimum absolute atomic E-state index is 0.151. The SMILES string of the molecule is O=C(C1CCOC1)N1CC[CH]CC1. The quantitative estimate of drug-likeness (QED) is 0.601. The molecule has 0 aromatic heterocycles. The maximum absolute atomic E-state index is 11.8. The van der Waals surface area contributed by atoms with Gasteiger partial charge in [-0.2, -0.15) is 0 Å². The van der Waals surface area contributed by atoms with Gasteiger partial charge in [-0.3, -0.25) is 4.79 Å². The fraction of sp³-hybridized carbons (Fsp3) is 0.800. The molecule has 73 valence electrons. The molecule has 13 heavy (non-hydrogen) atoms. The number of carbonyl (C=O) groups excluding carboxylic acids is 1. The van der Waals surface area contributed by atoms with E-state index in [-0.39, 0.29) is 5.92 Å². The van der Waals surface area contributed by atoms with Gasteiger partial charge in [-0.05, 0) is 25.7 Å². The number of hydrogen-bond donors (Lipinski definition) is 0. The standard InChI is InChI=1S/C10H16NO2/c12-10(9-4-7-13-8-9)11-5-2-1-3-6-11/h1,9H,2-8H2. The largest absolute Gasteiger partial charge is 0.381 e. The number of ether oxygens (including phenoxy) is 1. The van der Waals surface area contributed by atoms with Gasteiger partial charge in [0, 0.05) is 19.7 Å². The molecule has 3 nitrogen and oxygen atoms in total. The van der Waals surface area contributed by atoms with Crippen LogP contribution in [0.25, 0.3) is 0 Å². The smallest absolute Gasteiger partial charge is 0.228 e. The van der Waals surface area contributed by atoms with E-state index in [2.05, 4.69) is 6.42 Å². The molecule has 1 radical (unpaired) electrons. The summed E-state index contributed by atoms with van der Waals surface area (Å²) >= 11 is 0. The third kappa shape index (κ3) is 2.02. The molecule has 2 saturated heterocycles. The fourth-order valence-corrected chi connectivity index (χ4v) is 1.96. The third-order valence-corrected chi connectivity index (χ3v) is 2.80. The van der Waals surface area contributed by atoms with Crippen LogP contribution in [0.4, 0.5) is 0 Å². The van der Waals surface area contributed by atoms with Gasteiger partial charge in [0.25, 0.3) is 0 Å². The highest BCUT2D eigenvalue weighted by atomic mass is 16.5. The van der Waals surface area contributed by atoms with E-state index in [9.17, 15) is 4.79 Å². The van der Waals surface area contributed by atoms with Gasteiger partial charge in [-0.15, -0.1) is 0 Å². The van der Waals surface area contributed by atoms with Gasteiger partial charge in [-0.25, -0.2) is 0 Å². The van der Waals surface area contributed by atoms with Gasteiger partial charge in [-0.1, -0.05) is 0 Å². The molecule has 0 aromatic rings. The number of rotatable bonds is 1. The Kier molecular flexibility index (Phi) is 2.83. The second-order valence-corrected chi connectivity index (χ2v) is 3.75. The Labute approximate surface area is 79.0 Å². The Balaban J connectivity index is 1.87. The van der Waals surface area contributed by atoms with Crippen LogP contribution in [0.2, 0.25) is 0 Å². The highest BCUT2D eigenvalue weighted by molar-refractivity contribution is 5.79. The van der Waals surface area contributed by atoms with Gasteiger partial charge in [0.05, 0.1) is 12.5 Å². The molecule has 0 spiro atoms. The first-order chi connectivity index (χ1) is 6.38. The van der Waals surface area contributed by atoms with Crippen LogP contribution in [-0.2, 0) is 9.53 Å². The topological polar surface area (TPSA) is 29.5 Å². The van der Waals surface area contributed by atoms with E-state index in [1.807, 2.05) is 4.90 Å². The number of carbonyl (C=O) groups is 1. The first-order valence-electron chi connectivity index (χ1n) is 5.06. The fourth-order valence-electron chi connectivity index (χ4n) is 1.96. The van der Waals surface area contributed by atoms with E-state index < -0.39 is 0 Å². The Morgan fingerprint density at radius 3 is 2.77 bits per heavy atom. The monoisotopic (exact) mass is 182 g/mol. The van der Waals surface area contributed by atoms with Crippen molar-refractivity contribution < 1.29 is 9.53 Å². The zero-order chi connectivity index (χ0) is 9.10. The summed E-state index contributed by atoms with van der Waals surface area (Å²) in [7, 11) is 0. The molecule has 2 aliphatic heterocycles. The molecular formula is C10H16NO2.